The Bertz CT molecular complexity index is 1210. The van der Waals surface area contributed by atoms with Gasteiger partial charge in [0.05, 0.1) is 10.4 Å². The van der Waals surface area contributed by atoms with E-state index in [0.29, 0.717) is 39.0 Å². The summed E-state index contributed by atoms with van der Waals surface area (Å²) in [6, 6.07) is 1.77. The number of pyridine rings is 1. The van der Waals surface area contributed by atoms with Crippen LogP contribution in [0.5, 0.6) is 0 Å². The summed E-state index contributed by atoms with van der Waals surface area (Å²) in [6.07, 6.45) is 6.75. The van der Waals surface area contributed by atoms with E-state index in [-0.39, 0.29) is 5.39 Å². The second-order valence-corrected chi connectivity index (χ2v) is 6.35. The monoisotopic (exact) mass is 369 g/mol. The van der Waals surface area contributed by atoms with Crippen LogP contribution >= 0.6 is 11.6 Å². The summed E-state index contributed by atoms with van der Waals surface area (Å²) in [5, 5.41) is 1.55. The first-order valence-electron chi connectivity index (χ1n) is 7.79. The van der Waals surface area contributed by atoms with Crippen molar-refractivity contribution in [1.82, 2.24) is 24.5 Å². The molecule has 0 aliphatic carbocycles. The topological polar surface area (TPSA) is 76.5 Å². The number of aromatic amines is 1. The van der Waals surface area contributed by atoms with E-state index < -0.39 is 5.82 Å². The summed E-state index contributed by atoms with van der Waals surface area (Å²) in [5.41, 5.74) is 2.84. The van der Waals surface area contributed by atoms with E-state index in [4.69, 9.17) is 11.6 Å². The Kier molecular flexibility index (Phi) is 3.81. The van der Waals surface area contributed by atoms with Gasteiger partial charge in [0.15, 0.2) is 17.3 Å². The minimum atomic E-state index is -0.451. The Morgan fingerprint density at radius 3 is 2.85 bits per heavy atom. The molecule has 0 aliphatic rings. The molecule has 0 aromatic carbocycles. The van der Waals surface area contributed by atoms with Crippen LogP contribution in [0, 0.1) is 5.82 Å². The number of H-pyrrole nitrogens is 1. The maximum atomic E-state index is 14.3. The van der Waals surface area contributed by atoms with Crippen molar-refractivity contribution in [3.63, 3.8) is 0 Å². The molecule has 0 saturated heterocycles. The molecule has 26 heavy (non-hydrogen) atoms. The van der Waals surface area contributed by atoms with Crippen LogP contribution < -0.4 is 0 Å². The third-order valence-corrected chi connectivity index (χ3v) is 4.55. The molecule has 0 amide bonds. The van der Waals surface area contributed by atoms with Gasteiger partial charge < -0.3 is 9.55 Å². The van der Waals surface area contributed by atoms with Crippen molar-refractivity contribution in [1.29, 1.82) is 0 Å². The lowest BCUT2D eigenvalue weighted by Crippen LogP contribution is -1.99. The fraction of sp³-hybridized carbons (Fsp3) is 0.111. The van der Waals surface area contributed by atoms with Gasteiger partial charge in [-0.15, -0.1) is 0 Å². The van der Waals surface area contributed by atoms with Crippen LogP contribution in [0.1, 0.15) is 13.8 Å². The van der Waals surface area contributed by atoms with E-state index in [0.717, 1.165) is 11.7 Å². The van der Waals surface area contributed by atoms with Gasteiger partial charge >= 0.3 is 0 Å². The zero-order chi connectivity index (χ0) is 18.4. The fourth-order valence-electron chi connectivity index (χ4n) is 2.79. The van der Waals surface area contributed by atoms with E-state index in [9.17, 15) is 9.18 Å². The predicted octanol–water partition coefficient (Wildman–Crippen LogP) is 4.22. The molecule has 0 radical (unpaired) electrons. The van der Waals surface area contributed by atoms with Crippen LogP contribution in [0.2, 0.25) is 5.02 Å². The van der Waals surface area contributed by atoms with Gasteiger partial charge in [0.2, 0.25) is 0 Å². The van der Waals surface area contributed by atoms with Crippen molar-refractivity contribution >= 4 is 45.7 Å². The van der Waals surface area contributed by atoms with Crippen molar-refractivity contribution < 1.29 is 9.18 Å². The molecule has 4 rings (SSSR count). The SMILES string of the molecule is C/C(C=O)=C(\C)n1cc(F)c2cnc(-c3c[nH]c4ncc(Cl)cc34)nc21. The average Bonchev–Trinajstić information content (AvgIpc) is 3.21. The van der Waals surface area contributed by atoms with E-state index in [1.54, 1.807) is 36.9 Å². The van der Waals surface area contributed by atoms with Gasteiger partial charge in [0, 0.05) is 47.0 Å². The Morgan fingerprint density at radius 2 is 2.08 bits per heavy atom. The smallest absolute Gasteiger partial charge is 0.163 e. The van der Waals surface area contributed by atoms with Crippen molar-refractivity contribution in [3.8, 4) is 11.4 Å². The first kappa shape index (κ1) is 16.4. The van der Waals surface area contributed by atoms with Crippen LogP contribution in [-0.2, 0) is 4.79 Å². The highest BCUT2D eigenvalue weighted by atomic mass is 35.5. The highest BCUT2D eigenvalue weighted by molar-refractivity contribution is 6.31. The number of aromatic nitrogens is 5. The second kappa shape index (κ2) is 6.03. The Morgan fingerprint density at radius 1 is 1.27 bits per heavy atom. The van der Waals surface area contributed by atoms with E-state index >= 15 is 0 Å². The molecule has 0 bridgehead atoms. The summed E-state index contributed by atoms with van der Waals surface area (Å²) in [7, 11) is 0. The highest BCUT2D eigenvalue weighted by Crippen LogP contribution is 2.29. The number of nitrogens with one attached hydrogen (secondary N) is 1. The van der Waals surface area contributed by atoms with Crippen LogP contribution in [-0.4, -0.2) is 30.8 Å². The van der Waals surface area contributed by atoms with E-state index in [1.165, 1.54) is 12.4 Å². The van der Waals surface area contributed by atoms with Gasteiger partial charge in [-0.05, 0) is 19.9 Å². The molecule has 1 N–H and O–H groups in total. The number of nitrogens with zero attached hydrogens (tertiary/aromatic N) is 4. The number of aldehydes is 1. The molecule has 0 fully saturated rings. The molecule has 4 aromatic rings. The fourth-order valence-corrected chi connectivity index (χ4v) is 2.95. The number of hydrogen-bond acceptors (Lipinski definition) is 4. The molecule has 0 spiro atoms. The maximum absolute atomic E-state index is 14.3. The third-order valence-electron chi connectivity index (χ3n) is 4.34. The number of halogens is 2. The van der Waals surface area contributed by atoms with E-state index in [1.807, 2.05) is 0 Å². The Labute approximate surface area is 152 Å². The summed E-state index contributed by atoms with van der Waals surface area (Å²) in [5.74, 6) is -0.0445. The molecular weight excluding hydrogens is 357 g/mol. The summed E-state index contributed by atoms with van der Waals surface area (Å²) < 4.78 is 15.8. The zero-order valence-corrected chi connectivity index (χ0v) is 14.7. The largest absolute Gasteiger partial charge is 0.345 e. The normalized spacial score (nSPS) is 12.6. The number of hydrogen-bond donors (Lipinski definition) is 1. The van der Waals surface area contributed by atoms with E-state index in [2.05, 4.69) is 19.9 Å². The van der Waals surface area contributed by atoms with Gasteiger partial charge in [-0.2, -0.15) is 0 Å². The standard InChI is InChI=1S/C18H13ClFN5O/c1-9(8-26)10(2)25-7-15(20)14-6-23-17(24-18(14)25)13-5-22-16-12(13)3-11(19)4-21-16/h3-8H,1-2H3,(H,21,22)/b10-9-. The van der Waals surface area contributed by atoms with Crippen molar-refractivity contribution in [3.05, 3.63) is 47.3 Å². The van der Waals surface area contributed by atoms with Gasteiger partial charge in [-0.25, -0.2) is 19.3 Å². The average molecular weight is 370 g/mol. The Balaban J connectivity index is 1.98. The lowest BCUT2D eigenvalue weighted by Gasteiger charge is -2.07. The number of carbonyl (C=O) groups excluding carboxylic acids is 1. The molecule has 130 valence electrons. The van der Waals surface area contributed by atoms with Gasteiger partial charge in [0.1, 0.15) is 11.9 Å². The van der Waals surface area contributed by atoms with Crippen molar-refractivity contribution in [2.24, 2.45) is 0 Å². The highest BCUT2D eigenvalue weighted by Gasteiger charge is 2.16. The van der Waals surface area contributed by atoms with Gasteiger partial charge in [-0.1, -0.05) is 11.6 Å². The quantitative estimate of drug-likeness (QED) is 0.433. The van der Waals surface area contributed by atoms with Crippen LogP contribution in [0.15, 0.2) is 36.4 Å². The lowest BCUT2D eigenvalue weighted by molar-refractivity contribution is -0.104. The molecule has 4 heterocycles. The molecular formula is C18H13ClFN5O. The third kappa shape index (κ3) is 2.48. The van der Waals surface area contributed by atoms with Gasteiger partial charge in [-0.3, -0.25) is 4.79 Å². The molecule has 0 saturated carbocycles. The molecule has 0 aliphatic heterocycles. The summed E-state index contributed by atoms with van der Waals surface area (Å²) >= 11 is 6.04. The van der Waals surface area contributed by atoms with Crippen molar-refractivity contribution in [2.45, 2.75) is 13.8 Å². The Hall–Kier alpha value is -3.06. The lowest BCUT2D eigenvalue weighted by atomic mass is 10.2. The minimum Gasteiger partial charge on any atom is -0.345 e. The summed E-state index contributed by atoms with van der Waals surface area (Å²) in [6.45, 7) is 3.40. The molecule has 4 aromatic heterocycles. The zero-order valence-electron chi connectivity index (χ0n) is 13.9. The maximum Gasteiger partial charge on any atom is 0.163 e. The minimum absolute atomic E-state index is 0.280. The number of fused-ring (bicyclic) bond motifs is 2. The molecule has 0 unspecified atom stereocenters. The second-order valence-electron chi connectivity index (χ2n) is 5.92. The molecule has 8 heteroatoms. The molecule has 0 atom stereocenters. The number of carbonyl (C=O) groups is 1. The molecule has 6 nitrogen and oxygen atoms in total. The van der Waals surface area contributed by atoms with Gasteiger partial charge in [0.25, 0.3) is 0 Å². The number of rotatable bonds is 3. The van der Waals surface area contributed by atoms with Crippen LogP contribution in [0.4, 0.5) is 4.39 Å². The number of allylic oxidation sites excluding steroid dienone is 2. The van der Waals surface area contributed by atoms with Crippen LogP contribution in [0.25, 0.3) is 39.2 Å². The first-order valence-corrected chi connectivity index (χ1v) is 8.17. The van der Waals surface area contributed by atoms with Crippen LogP contribution in [0.3, 0.4) is 0 Å². The first-order chi connectivity index (χ1) is 12.5. The predicted molar refractivity (Wildman–Crippen MR) is 98.2 cm³/mol. The summed E-state index contributed by atoms with van der Waals surface area (Å²) in [4.78, 5) is 27.2. The van der Waals surface area contributed by atoms with Crippen molar-refractivity contribution in [2.75, 3.05) is 0 Å².